The van der Waals surface area contributed by atoms with Crippen LogP contribution in [0.3, 0.4) is 0 Å². The number of nitrogens with zero attached hydrogens (tertiary/aromatic N) is 3. The highest BCUT2D eigenvalue weighted by atomic mass is 16.5. The van der Waals surface area contributed by atoms with E-state index in [0.717, 1.165) is 54.7 Å². The zero-order chi connectivity index (χ0) is 21.9. The smallest absolute Gasteiger partial charge is 0.238 e. The van der Waals surface area contributed by atoms with Gasteiger partial charge >= 0.3 is 0 Å². The van der Waals surface area contributed by atoms with E-state index in [2.05, 4.69) is 20.1 Å². The largest absolute Gasteiger partial charge is 0.495 e. The maximum Gasteiger partial charge on any atom is 0.238 e. The number of amides is 1. The van der Waals surface area contributed by atoms with Crippen LogP contribution in [0.5, 0.6) is 5.75 Å². The Bertz CT molecular complexity index is 1230. The summed E-state index contributed by atoms with van der Waals surface area (Å²) in [6.07, 6.45) is 3.65. The number of hydrogen-bond acceptors (Lipinski definition) is 6. The summed E-state index contributed by atoms with van der Waals surface area (Å²) in [5.74, 6) is 0.570. The highest BCUT2D eigenvalue weighted by Crippen LogP contribution is 2.36. The van der Waals surface area contributed by atoms with Crippen molar-refractivity contribution in [3.63, 3.8) is 0 Å². The van der Waals surface area contributed by atoms with Crippen LogP contribution in [0.1, 0.15) is 5.56 Å². The number of pyridine rings is 1. The molecular weight excluding hydrogens is 404 g/mol. The first-order valence-electron chi connectivity index (χ1n) is 10.8. The second-order valence-corrected chi connectivity index (χ2v) is 8.10. The number of methoxy groups -OCH3 is 1. The van der Waals surface area contributed by atoms with Crippen LogP contribution in [0.2, 0.25) is 0 Å². The fourth-order valence-electron chi connectivity index (χ4n) is 4.26. The first-order valence-corrected chi connectivity index (χ1v) is 10.8. The molecule has 4 aromatic rings. The van der Waals surface area contributed by atoms with Crippen LogP contribution < -0.4 is 10.1 Å². The van der Waals surface area contributed by atoms with Crippen molar-refractivity contribution < 1.29 is 13.9 Å². The van der Waals surface area contributed by atoms with E-state index in [1.165, 1.54) is 5.56 Å². The lowest BCUT2D eigenvalue weighted by atomic mass is 10.1. The van der Waals surface area contributed by atoms with Crippen molar-refractivity contribution in [3.05, 3.63) is 66.5 Å². The molecule has 0 spiro atoms. The summed E-state index contributed by atoms with van der Waals surface area (Å²) in [5.41, 5.74) is 3.43. The van der Waals surface area contributed by atoms with Crippen molar-refractivity contribution in [2.24, 2.45) is 0 Å². The maximum absolute atomic E-state index is 12.8. The average molecular weight is 431 g/mol. The van der Waals surface area contributed by atoms with E-state index in [-0.39, 0.29) is 5.91 Å². The van der Waals surface area contributed by atoms with E-state index < -0.39 is 0 Å². The standard InChI is InChI=1S/C25H26N4O3/c1-31-24-14-20-19-4-2-3-5-22(19)32-23(20)15-21(24)27-25(30)17-29-12-10-28(11-13-29)16-18-6-8-26-9-7-18/h2-9,14-15H,10-13,16-17H2,1H3,(H,27,30). The predicted molar refractivity (Wildman–Crippen MR) is 125 cm³/mol. The lowest BCUT2D eigenvalue weighted by molar-refractivity contribution is -0.117. The molecule has 164 valence electrons. The Hall–Kier alpha value is -3.42. The molecule has 2 aromatic carbocycles. The van der Waals surface area contributed by atoms with Crippen molar-refractivity contribution in [2.75, 3.05) is 45.2 Å². The van der Waals surface area contributed by atoms with Crippen LogP contribution in [0.4, 0.5) is 5.69 Å². The molecule has 0 bridgehead atoms. The summed E-state index contributed by atoms with van der Waals surface area (Å²) in [5, 5.41) is 5.01. The summed E-state index contributed by atoms with van der Waals surface area (Å²) in [4.78, 5) is 21.4. The quantitative estimate of drug-likeness (QED) is 0.502. The number of carbonyl (C=O) groups excluding carboxylic acids is 1. The lowest BCUT2D eigenvalue weighted by Crippen LogP contribution is -2.48. The van der Waals surface area contributed by atoms with E-state index >= 15 is 0 Å². The monoisotopic (exact) mass is 430 g/mol. The van der Waals surface area contributed by atoms with Gasteiger partial charge in [-0.2, -0.15) is 0 Å². The highest BCUT2D eigenvalue weighted by Gasteiger charge is 2.20. The zero-order valence-corrected chi connectivity index (χ0v) is 18.1. The number of rotatable bonds is 6. The second kappa shape index (κ2) is 8.98. The number of para-hydroxylation sites is 1. The van der Waals surface area contributed by atoms with Crippen molar-refractivity contribution >= 4 is 33.5 Å². The van der Waals surface area contributed by atoms with Crippen molar-refractivity contribution in [2.45, 2.75) is 6.54 Å². The summed E-state index contributed by atoms with van der Waals surface area (Å²) < 4.78 is 11.5. The fraction of sp³-hybridized carbons (Fsp3) is 0.280. The number of hydrogen-bond donors (Lipinski definition) is 1. The molecule has 1 saturated heterocycles. The third-order valence-electron chi connectivity index (χ3n) is 5.96. The molecule has 1 aliphatic heterocycles. The van der Waals surface area contributed by atoms with Gasteiger partial charge in [0.1, 0.15) is 16.9 Å². The average Bonchev–Trinajstić information content (AvgIpc) is 3.18. The maximum atomic E-state index is 12.8. The molecule has 0 unspecified atom stereocenters. The Morgan fingerprint density at radius 3 is 2.53 bits per heavy atom. The molecule has 32 heavy (non-hydrogen) atoms. The number of piperazine rings is 1. The third-order valence-corrected chi connectivity index (χ3v) is 5.96. The highest BCUT2D eigenvalue weighted by molar-refractivity contribution is 6.07. The van der Waals surface area contributed by atoms with Gasteiger partial charge < -0.3 is 14.5 Å². The number of ether oxygens (including phenoxy) is 1. The molecule has 0 saturated carbocycles. The summed E-state index contributed by atoms with van der Waals surface area (Å²) in [7, 11) is 1.61. The van der Waals surface area contributed by atoms with E-state index in [1.807, 2.05) is 60.9 Å². The zero-order valence-electron chi connectivity index (χ0n) is 18.1. The van der Waals surface area contributed by atoms with Crippen LogP contribution in [-0.4, -0.2) is 60.5 Å². The topological polar surface area (TPSA) is 70.8 Å². The van der Waals surface area contributed by atoms with Crippen LogP contribution >= 0.6 is 0 Å². The van der Waals surface area contributed by atoms with Gasteiger partial charge in [-0.05, 0) is 29.8 Å². The van der Waals surface area contributed by atoms with Crippen LogP contribution in [0, 0.1) is 0 Å². The molecule has 1 N–H and O–H groups in total. The van der Waals surface area contributed by atoms with Gasteiger partial charge in [-0.1, -0.05) is 18.2 Å². The molecule has 1 fully saturated rings. The van der Waals surface area contributed by atoms with Gasteiger partial charge in [0.25, 0.3) is 0 Å². The van der Waals surface area contributed by atoms with Crippen LogP contribution in [0.15, 0.2) is 65.3 Å². The van der Waals surface area contributed by atoms with E-state index in [0.29, 0.717) is 18.0 Å². The van der Waals surface area contributed by atoms with Gasteiger partial charge in [0.15, 0.2) is 0 Å². The first kappa shape index (κ1) is 20.5. The molecular formula is C25H26N4O3. The summed E-state index contributed by atoms with van der Waals surface area (Å²) in [6, 6.07) is 15.8. The molecule has 3 heterocycles. The van der Waals surface area contributed by atoms with Crippen molar-refractivity contribution in [1.29, 1.82) is 0 Å². The lowest BCUT2D eigenvalue weighted by Gasteiger charge is -2.34. The molecule has 2 aromatic heterocycles. The van der Waals surface area contributed by atoms with Crippen LogP contribution in [-0.2, 0) is 11.3 Å². The van der Waals surface area contributed by atoms with Gasteiger partial charge in [-0.15, -0.1) is 0 Å². The third kappa shape index (κ3) is 4.30. The minimum atomic E-state index is -0.0543. The molecule has 0 atom stereocenters. The predicted octanol–water partition coefficient (Wildman–Crippen LogP) is 3.75. The molecule has 1 aliphatic rings. The van der Waals surface area contributed by atoms with Gasteiger partial charge in [0.2, 0.25) is 5.91 Å². The second-order valence-electron chi connectivity index (χ2n) is 8.10. The Kier molecular flexibility index (Phi) is 5.75. The normalized spacial score (nSPS) is 15.3. The van der Waals surface area contributed by atoms with Crippen LogP contribution in [0.25, 0.3) is 21.9 Å². The Morgan fingerprint density at radius 2 is 1.75 bits per heavy atom. The summed E-state index contributed by atoms with van der Waals surface area (Å²) in [6.45, 7) is 4.85. The SMILES string of the molecule is COc1cc2c(cc1NC(=O)CN1CCN(Cc3ccncc3)CC1)oc1ccccc12. The summed E-state index contributed by atoms with van der Waals surface area (Å²) >= 11 is 0. The molecule has 1 amide bonds. The number of benzene rings is 2. The number of fused-ring (bicyclic) bond motifs is 3. The van der Waals surface area contributed by atoms with E-state index in [9.17, 15) is 4.79 Å². The van der Waals surface area contributed by atoms with Gasteiger partial charge in [0.05, 0.1) is 19.3 Å². The van der Waals surface area contributed by atoms with Gasteiger partial charge in [-0.25, -0.2) is 0 Å². The number of carbonyl (C=O) groups is 1. The number of nitrogens with one attached hydrogen (secondary N) is 1. The van der Waals surface area contributed by atoms with Gasteiger partial charge in [0, 0.05) is 62.0 Å². The minimum Gasteiger partial charge on any atom is -0.495 e. The van der Waals surface area contributed by atoms with Crippen molar-refractivity contribution in [1.82, 2.24) is 14.8 Å². The molecule has 0 radical (unpaired) electrons. The Balaban J connectivity index is 1.22. The molecule has 7 nitrogen and oxygen atoms in total. The number of furan rings is 1. The molecule has 0 aliphatic carbocycles. The number of aromatic nitrogens is 1. The number of anilines is 1. The fourth-order valence-corrected chi connectivity index (χ4v) is 4.26. The molecule has 5 rings (SSSR count). The Labute approximate surface area is 186 Å². The van der Waals surface area contributed by atoms with Gasteiger partial charge in [-0.3, -0.25) is 19.6 Å². The van der Waals surface area contributed by atoms with E-state index in [4.69, 9.17) is 9.15 Å². The minimum absolute atomic E-state index is 0.0543. The van der Waals surface area contributed by atoms with Crippen molar-refractivity contribution in [3.8, 4) is 5.75 Å². The Morgan fingerprint density at radius 1 is 1.00 bits per heavy atom. The first-order chi connectivity index (χ1) is 15.7. The van der Waals surface area contributed by atoms with E-state index in [1.54, 1.807) is 7.11 Å². The molecule has 7 heteroatoms.